The van der Waals surface area contributed by atoms with Crippen molar-refractivity contribution in [1.29, 1.82) is 0 Å². The van der Waals surface area contributed by atoms with Crippen molar-refractivity contribution in [3.05, 3.63) is 61.8 Å². The third kappa shape index (κ3) is 4.02. The Morgan fingerprint density at radius 3 is 2.63 bits per heavy atom. The first-order chi connectivity index (χ1) is 9.10. The van der Waals surface area contributed by atoms with Gasteiger partial charge in [-0.15, -0.1) is 0 Å². The zero-order chi connectivity index (χ0) is 13.8. The molecule has 19 heavy (non-hydrogen) atoms. The summed E-state index contributed by atoms with van der Waals surface area (Å²) in [6, 6.07) is 10.2. The number of aromatic nitrogens is 1. The van der Waals surface area contributed by atoms with Gasteiger partial charge in [-0.3, -0.25) is 4.98 Å². The van der Waals surface area contributed by atoms with E-state index in [0.29, 0.717) is 0 Å². The summed E-state index contributed by atoms with van der Waals surface area (Å²) in [6.07, 6.45) is 2.64. The van der Waals surface area contributed by atoms with Crippen molar-refractivity contribution in [2.24, 2.45) is 0 Å². The van der Waals surface area contributed by atoms with Crippen LogP contribution in [0.2, 0.25) is 5.02 Å². The van der Waals surface area contributed by atoms with Crippen LogP contribution in [0, 0.1) is 0 Å². The highest BCUT2D eigenvalue weighted by Gasteiger charge is 2.12. The normalized spacial score (nSPS) is 12.4. The van der Waals surface area contributed by atoms with E-state index in [1.807, 2.05) is 37.5 Å². The minimum atomic E-state index is 0.194. The van der Waals surface area contributed by atoms with Gasteiger partial charge >= 0.3 is 0 Å². The Morgan fingerprint density at radius 1 is 1.26 bits per heavy atom. The summed E-state index contributed by atoms with van der Waals surface area (Å²) in [5.74, 6) is 0. The van der Waals surface area contributed by atoms with Gasteiger partial charge < -0.3 is 5.32 Å². The number of nitrogens with one attached hydrogen (secondary N) is 1. The molecule has 0 bridgehead atoms. The van der Waals surface area contributed by atoms with Gasteiger partial charge in [0.05, 0.1) is 5.02 Å². The minimum absolute atomic E-state index is 0.194. The summed E-state index contributed by atoms with van der Waals surface area (Å²) < 4.78 is 1.90. The number of halogens is 3. The van der Waals surface area contributed by atoms with E-state index < -0.39 is 0 Å². The highest BCUT2D eigenvalue weighted by atomic mass is 79.9. The lowest BCUT2D eigenvalue weighted by molar-refractivity contribution is 0.584. The van der Waals surface area contributed by atoms with Gasteiger partial charge in [0.2, 0.25) is 0 Å². The van der Waals surface area contributed by atoms with Crippen molar-refractivity contribution in [1.82, 2.24) is 10.3 Å². The predicted molar refractivity (Wildman–Crippen MR) is 86.6 cm³/mol. The van der Waals surface area contributed by atoms with Gasteiger partial charge in [0.1, 0.15) is 0 Å². The second-order valence-electron chi connectivity index (χ2n) is 4.19. The minimum Gasteiger partial charge on any atom is -0.313 e. The molecule has 1 aromatic carbocycles. The predicted octanol–water partition coefficient (Wildman–Crippen LogP) is 4.76. The van der Waals surface area contributed by atoms with Crippen molar-refractivity contribution < 1.29 is 0 Å². The molecular formula is C14H13Br2ClN2. The number of likely N-dealkylation sites (N-methyl/N-ethyl adjacent to an activating group) is 1. The van der Waals surface area contributed by atoms with Crippen molar-refractivity contribution in [2.75, 3.05) is 7.05 Å². The standard InChI is InChI=1S/C14H13Br2ClN2/c1-18-14(7-11-4-3-10(15)8-19-11)9-2-5-12(16)13(17)6-9/h2-6,8,14,18H,7H2,1H3. The maximum Gasteiger partial charge on any atom is 0.0551 e. The molecule has 0 spiro atoms. The van der Waals surface area contributed by atoms with Crippen molar-refractivity contribution in [2.45, 2.75) is 12.5 Å². The highest BCUT2D eigenvalue weighted by Crippen LogP contribution is 2.27. The maximum absolute atomic E-state index is 6.14. The summed E-state index contributed by atoms with van der Waals surface area (Å²) in [7, 11) is 1.94. The third-order valence-corrected chi connectivity index (χ3v) is 4.60. The van der Waals surface area contributed by atoms with Crippen LogP contribution in [0.1, 0.15) is 17.3 Å². The molecule has 1 aromatic heterocycles. The largest absolute Gasteiger partial charge is 0.313 e. The van der Waals surface area contributed by atoms with E-state index in [-0.39, 0.29) is 6.04 Å². The molecule has 2 aromatic rings. The zero-order valence-corrected chi connectivity index (χ0v) is 14.3. The summed E-state index contributed by atoms with van der Waals surface area (Å²) in [5, 5.41) is 4.03. The van der Waals surface area contributed by atoms with E-state index >= 15 is 0 Å². The van der Waals surface area contributed by atoms with Crippen LogP contribution in [-0.4, -0.2) is 12.0 Å². The molecule has 0 aliphatic rings. The second-order valence-corrected chi connectivity index (χ2v) is 6.36. The van der Waals surface area contributed by atoms with Crippen LogP contribution in [0.15, 0.2) is 45.5 Å². The smallest absolute Gasteiger partial charge is 0.0551 e. The average molecular weight is 405 g/mol. The van der Waals surface area contributed by atoms with E-state index in [1.165, 1.54) is 0 Å². The molecule has 2 nitrogen and oxygen atoms in total. The van der Waals surface area contributed by atoms with Crippen LogP contribution in [0.3, 0.4) is 0 Å². The first kappa shape index (κ1) is 15.0. The SMILES string of the molecule is CNC(Cc1ccc(Br)cn1)c1ccc(Br)c(Cl)c1. The first-order valence-electron chi connectivity index (χ1n) is 5.83. The fraction of sp³-hybridized carbons (Fsp3) is 0.214. The number of hydrogen-bond acceptors (Lipinski definition) is 2. The van der Waals surface area contributed by atoms with Crippen LogP contribution in [0.4, 0.5) is 0 Å². The number of benzene rings is 1. The topological polar surface area (TPSA) is 24.9 Å². The van der Waals surface area contributed by atoms with Crippen molar-refractivity contribution in [3.63, 3.8) is 0 Å². The van der Waals surface area contributed by atoms with Gasteiger partial charge in [0.15, 0.2) is 0 Å². The summed E-state index contributed by atoms with van der Waals surface area (Å²) in [6.45, 7) is 0. The number of nitrogens with zero attached hydrogens (tertiary/aromatic N) is 1. The highest BCUT2D eigenvalue weighted by molar-refractivity contribution is 9.10. The fourth-order valence-electron chi connectivity index (χ4n) is 1.85. The molecule has 0 aliphatic carbocycles. The Hall–Kier alpha value is -0.420. The molecule has 0 radical (unpaired) electrons. The van der Waals surface area contributed by atoms with Crippen molar-refractivity contribution >= 4 is 43.5 Å². The number of rotatable bonds is 4. The molecule has 100 valence electrons. The Balaban J connectivity index is 2.19. The maximum atomic E-state index is 6.14. The Labute approximate surface area is 134 Å². The molecular weight excluding hydrogens is 391 g/mol. The van der Waals surface area contributed by atoms with Crippen LogP contribution in [0.5, 0.6) is 0 Å². The molecule has 0 aliphatic heterocycles. The molecule has 2 rings (SSSR count). The van der Waals surface area contributed by atoms with Gasteiger partial charge in [-0.1, -0.05) is 17.7 Å². The fourth-order valence-corrected chi connectivity index (χ4v) is 2.52. The van der Waals surface area contributed by atoms with Gasteiger partial charge in [0.25, 0.3) is 0 Å². The van der Waals surface area contributed by atoms with E-state index in [2.05, 4.69) is 48.2 Å². The van der Waals surface area contributed by atoms with E-state index in [0.717, 1.165) is 31.6 Å². The Bertz CT molecular complexity index is 558. The van der Waals surface area contributed by atoms with Gasteiger partial charge in [0, 0.05) is 33.3 Å². The molecule has 0 fully saturated rings. The van der Waals surface area contributed by atoms with E-state index in [9.17, 15) is 0 Å². The molecule has 1 unspecified atom stereocenters. The molecule has 1 heterocycles. The summed E-state index contributed by atoms with van der Waals surface area (Å²) >= 11 is 12.9. The van der Waals surface area contributed by atoms with Gasteiger partial charge in [-0.2, -0.15) is 0 Å². The lowest BCUT2D eigenvalue weighted by atomic mass is 10.0. The van der Waals surface area contributed by atoms with E-state index in [4.69, 9.17) is 11.6 Å². The monoisotopic (exact) mass is 402 g/mol. The van der Waals surface area contributed by atoms with Crippen LogP contribution < -0.4 is 5.32 Å². The van der Waals surface area contributed by atoms with Crippen LogP contribution in [0.25, 0.3) is 0 Å². The first-order valence-corrected chi connectivity index (χ1v) is 7.79. The summed E-state index contributed by atoms with van der Waals surface area (Å²) in [5.41, 5.74) is 2.20. The molecule has 5 heteroatoms. The van der Waals surface area contributed by atoms with Crippen LogP contribution >= 0.6 is 43.5 Å². The Morgan fingerprint density at radius 2 is 2.05 bits per heavy atom. The van der Waals surface area contributed by atoms with E-state index in [1.54, 1.807) is 0 Å². The molecule has 0 saturated heterocycles. The van der Waals surface area contributed by atoms with Crippen molar-refractivity contribution in [3.8, 4) is 0 Å². The van der Waals surface area contributed by atoms with Crippen LogP contribution in [-0.2, 0) is 6.42 Å². The quantitative estimate of drug-likeness (QED) is 0.795. The number of pyridine rings is 1. The summed E-state index contributed by atoms with van der Waals surface area (Å²) in [4.78, 5) is 4.40. The number of hydrogen-bond donors (Lipinski definition) is 1. The molecule has 1 atom stereocenters. The van der Waals surface area contributed by atoms with Gasteiger partial charge in [-0.25, -0.2) is 0 Å². The van der Waals surface area contributed by atoms with Gasteiger partial charge in [-0.05, 0) is 68.7 Å². The lowest BCUT2D eigenvalue weighted by Crippen LogP contribution is -2.19. The zero-order valence-electron chi connectivity index (χ0n) is 10.3. The molecule has 0 amide bonds. The average Bonchev–Trinajstić information content (AvgIpc) is 2.41. The third-order valence-electron chi connectivity index (χ3n) is 2.90. The Kier molecular flexibility index (Phi) is 5.39. The molecule has 0 saturated carbocycles. The lowest BCUT2D eigenvalue weighted by Gasteiger charge is -2.17. The molecule has 1 N–H and O–H groups in total. The second kappa shape index (κ2) is 6.84.